The van der Waals surface area contributed by atoms with Gasteiger partial charge in [0.1, 0.15) is 0 Å². The van der Waals surface area contributed by atoms with Crippen molar-refractivity contribution in [3.63, 3.8) is 0 Å². The molecule has 1 aliphatic rings. The number of nitrogens with zero attached hydrogens (tertiary/aromatic N) is 3. The minimum atomic E-state index is -3.72. The first-order chi connectivity index (χ1) is 13.9. The molecule has 0 unspecified atom stereocenters. The Morgan fingerprint density at radius 2 is 1.93 bits per heavy atom. The van der Waals surface area contributed by atoms with E-state index in [-0.39, 0.29) is 10.9 Å². The minimum Gasteiger partial charge on any atom is -0.329 e. The van der Waals surface area contributed by atoms with E-state index in [1.165, 1.54) is 12.8 Å². The van der Waals surface area contributed by atoms with Gasteiger partial charge in [0.2, 0.25) is 0 Å². The molecule has 0 saturated heterocycles. The highest BCUT2D eigenvalue weighted by molar-refractivity contribution is 7.90. The van der Waals surface area contributed by atoms with Crippen LogP contribution in [-0.4, -0.2) is 48.7 Å². The van der Waals surface area contributed by atoms with Gasteiger partial charge in [-0.25, -0.2) is 0 Å². The third-order valence-electron chi connectivity index (χ3n) is 5.76. The molecule has 154 valence electrons. The topological polar surface area (TPSA) is 81.2 Å². The van der Waals surface area contributed by atoms with Crippen LogP contribution in [0.2, 0.25) is 0 Å². The van der Waals surface area contributed by atoms with E-state index >= 15 is 0 Å². The highest BCUT2D eigenvalue weighted by Crippen LogP contribution is 2.30. The van der Waals surface area contributed by atoms with Crippen LogP contribution in [0.1, 0.15) is 24.0 Å². The molecule has 0 amide bonds. The van der Waals surface area contributed by atoms with Crippen LogP contribution >= 0.6 is 0 Å². The number of aryl methyl sites for hydroxylation is 1. The Morgan fingerprint density at radius 1 is 1.21 bits per heavy atom. The lowest BCUT2D eigenvalue weighted by Gasteiger charge is -2.27. The molecule has 3 aromatic rings. The molecule has 1 saturated carbocycles. The van der Waals surface area contributed by atoms with Crippen molar-refractivity contribution in [2.75, 3.05) is 20.1 Å². The van der Waals surface area contributed by atoms with Gasteiger partial charge in [-0.3, -0.25) is 0 Å². The number of benzene rings is 2. The maximum absolute atomic E-state index is 13.0. The number of rotatable bonds is 8. The molecule has 1 aromatic heterocycles. The zero-order valence-corrected chi connectivity index (χ0v) is 17.8. The molecular formula is C22H28N4O2S. The van der Waals surface area contributed by atoms with Gasteiger partial charge in [0.15, 0.2) is 0 Å². The lowest BCUT2D eigenvalue weighted by molar-refractivity contribution is 0.236. The first-order valence-electron chi connectivity index (χ1n) is 10.1. The van der Waals surface area contributed by atoms with Gasteiger partial charge >= 0.3 is 0 Å². The van der Waals surface area contributed by atoms with E-state index in [9.17, 15) is 8.42 Å². The molecule has 1 atom stereocenters. The SMILES string of the molecule is Cc1ccc(S(=O)(=O)n2ncc3cc(C[C@@H](CN)N(C)CC4CC4)ccc32)cc1. The van der Waals surface area contributed by atoms with Gasteiger partial charge in [0.05, 0.1) is 16.6 Å². The Kier molecular flexibility index (Phi) is 5.46. The number of likely N-dealkylation sites (N-methyl/N-ethyl adjacent to an activating group) is 1. The highest BCUT2D eigenvalue weighted by Gasteiger charge is 2.26. The smallest absolute Gasteiger partial charge is 0.283 e. The Bertz CT molecular complexity index is 1100. The zero-order valence-electron chi connectivity index (χ0n) is 17.0. The summed E-state index contributed by atoms with van der Waals surface area (Å²) in [4.78, 5) is 2.59. The lowest BCUT2D eigenvalue weighted by atomic mass is 10.0. The zero-order chi connectivity index (χ0) is 20.6. The van der Waals surface area contributed by atoms with Crippen LogP contribution in [0.25, 0.3) is 10.9 Å². The molecule has 29 heavy (non-hydrogen) atoms. The Morgan fingerprint density at radius 3 is 2.59 bits per heavy atom. The predicted octanol–water partition coefficient (Wildman–Crippen LogP) is 2.79. The summed E-state index contributed by atoms with van der Waals surface area (Å²) in [5.74, 6) is 0.821. The van der Waals surface area contributed by atoms with Crippen molar-refractivity contribution in [2.24, 2.45) is 11.7 Å². The average Bonchev–Trinajstić information content (AvgIpc) is 3.41. The van der Waals surface area contributed by atoms with Crippen molar-refractivity contribution < 1.29 is 8.42 Å². The van der Waals surface area contributed by atoms with E-state index in [0.717, 1.165) is 39.5 Å². The maximum Gasteiger partial charge on any atom is 0.283 e. The summed E-state index contributed by atoms with van der Waals surface area (Å²) in [6.45, 7) is 3.62. The van der Waals surface area contributed by atoms with Gasteiger partial charge in [-0.1, -0.05) is 23.8 Å². The van der Waals surface area contributed by atoms with Crippen molar-refractivity contribution in [1.29, 1.82) is 0 Å². The normalized spacial score (nSPS) is 15.9. The second-order valence-electron chi connectivity index (χ2n) is 8.18. The summed E-state index contributed by atoms with van der Waals surface area (Å²) in [7, 11) is -1.58. The highest BCUT2D eigenvalue weighted by atomic mass is 32.2. The standard InChI is InChI=1S/C22H28N4O2S/c1-16-3-8-21(9-4-16)29(27,28)26-22-10-7-18(11-19(22)14-24-26)12-20(13-23)25(2)15-17-5-6-17/h3-4,7-11,14,17,20H,5-6,12-13,15,23H2,1-2H3/t20-/m0/s1. The molecule has 0 bridgehead atoms. The fourth-order valence-corrected chi connectivity index (χ4v) is 5.01. The fourth-order valence-electron chi connectivity index (χ4n) is 3.73. The summed E-state index contributed by atoms with van der Waals surface area (Å²) < 4.78 is 27.1. The van der Waals surface area contributed by atoms with E-state index in [4.69, 9.17) is 5.73 Å². The lowest BCUT2D eigenvalue weighted by Crippen LogP contribution is -2.40. The van der Waals surface area contributed by atoms with E-state index in [1.54, 1.807) is 30.5 Å². The van der Waals surface area contributed by atoms with Crippen LogP contribution in [0.3, 0.4) is 0 Å². The van der Waals surface area contributed by atoms with Crippen molar-refractivity contribution in [3.8, 4) is 0 Å². The molecule has 0 aliphatic heterocycles. The molecule has 7 heteroatoms. The quantitative estimate of drug-likeness (QED) is 0.615. The fraction of sp³-hybridized carbons (Fsp3) is 0.409. The summed E-state index contributed by atoms with van der Waals surface area (Å²) in [6, 6.07) is 13.0. The van der Waals surface area contributed by atoms with Crippen LogP contribution in [0.5, 0.6) is 0 Å². The third kappa shape index (κ3) is 4.22. The summed E-state index contributed by atoms with van der Waals surface area (Å²) in [6.07, 6.45) is 5.10. The molecule has 0 radical (unpaired) electrons. The Labute approximate surface area is 172 Å². The number of hydrogen-bond acceptors (Lipinski definition) is 5. The molecular weight excluding hydrogens is 384 g/mol. The van der Waals surface area contributed by atoms with Crippen molar-refractivity contribution >= 4 is 20.9 Å². The van der Waals surface area contributed by atoms with Crippen LogP contribution in [0.15, 0.2) is 53.6 Å². The van der Waals surface area contributed by atoms with E-state index < -0.39 is 10.0 Å². The van der Waals surface area contributed by atoms with Crippen molar-refractivity contribution in [2.45, 2.75) is 37.1 Å². The summed E-state index contributed by atoms with van der Waals surface area (Å²) in [5.41, 5.74) is 8.77. The van der Waals surface area contributed by atoms with E-state index in [2.05, 4.69) is 17.0 Å². The van der Waals surface area contributed by atoms with Crippen LogP contribution < -0.4 is 5.73 Å². The second-order valence-corrected chi connectivity index (χ2v) is 9.94. The molecule has 2 aromatic carbocycles. The predicted molar refractivity (Wildman–Crippen MR) is 115 cm³/mol. The van der Waals surface area contributed by atoms with E-state index in [1.807, 2.05) is 25.1 Å². The molecule has 2 N–H and O–H groups in total. The summed E-state index contributed by atoms with van der Waals surface area (Å²) >= 11 is 0. The molecule has 1 fully saturated rings. The largest absolute Gasteiger partial charge is 0.329 e. The number of aromatic nitrogens is 2. The van der Waals surface area contributed by atoms with Crippen LogP contribution in [-0.2, 0) is 16.4 Å². The molecule has 6 nitrogen and oxygen atoms in total. The first kappa shape index (κ1) is 20.1. The third-order valence-corrected chi connectivity index (χ3v) is 7.37. The van der Waals surface area contributed by atoms with Gasteiger partial charge in [0.25, 0.3) is 10.0 Å². The Hall–Kier alpha value is -2.22. The molecule has 4 rings (SSSR count). The number of fused-ring (bicyclic) bond motifs is 1. The first-order valence-corrected chi connectivity index (χ1v) is 11.5. The van der Waals surface area contributed by atoms with Crippen LogP contribution in [0, 0.1) is 12.8 Å². The van der Waals surface area contributed by atoms with Gasteiger partial charge in [-0.05, 0) is 69.0 Å². The van der Waals surface area contributed by atoms with Gasteiger partial charge < -0.3 is 10.6 Å². The second kappa shape index (κ2) is 7.89. The molecule has 0 spiro atoms. The average molecular weight is 413 g/mol. The van der Waals surface area contributed by atoms with Gasteiger partial charge in [-0.2, -0.15) is 17.6 Å². The number of hydrogen-bond donors (Lipinski definition) is 1. The van der Waals surface area contributed by atoms with Gasteiger partial charge in [0, 0.05) is 24.5 Å². The molecule has 1 heterocycles. The monoisotopic (exact) mass is 412 g/mol. The van der Waals surface area contributed by atoms with Crippen molar-refractivity contribution in [3.05, 3.63) is 59.8 Å². The van der Waals surface area contributed by atoms with Crippen LogP contribution in [0.4, 0.5) is 0 Å². The number of nitrogens with two attached hydrogens (primary N) is 1. The van der Waals surface area contributed by atoms with Crippen molar-refractivity contribution in [1.82, 2.24) is 14.1 Å². The summed E-state index contributed by atoms with van der Waals surface area (Å²) in [5, 5.41) is 5.00. The maximum atomic E-state index is 13.0. The van der Waals surface area contributed by atoms with E-state index in [0.29, 0.717) is 12.1 Å². The Balaban J connectivity index is 1.59. The molecule has 1 aliphatic carbocycles. The minimum absolute atomic E-state index is 0.238. The van der Waals surface area contributed by atoms with Gasteiger partial charge in [-0.15, -0.1) is 0 Å².